The van der Waals surface area contributed by atoms with Crippen molar-refractivity contribution in [1.82, 2.24) is 4.31 Å². The van der Waals surface area contributed by atoms with Crippen LogP contribution in [0.2, 0.25) is 0 Å². The zero-order chi connectivity index (χ0) is 21.1. The van der Waals surface area contributed by atoms with Crippen molar-refractivity contribution in [2.75, 3.05) is 36.4 Å². The fraction of sp³-hybridized carbons (Fsp3) is 0.435. The SMILES string of the molecule is CC1CCN(c2ccc(NC(=O)C3CCCN(S(=O)(=O)c4ccccc4)C3)cc2)C1. The smallest absolute Gasteiger partial charge is 0.243 e. The second-order valence-electron chi connectivity index (χ2n) is 8.39. The summed E-state index contributed by atoms with van der Waals surface area (Å²) in [6.07, 6.45) is 2.58. The molecule has 1 N–H and O–H groups in total. The van der Waals surface area contributed by atoms with Crippen LogP contribution in [0.3, 0.4) is 0 Å². The minimum Gasteiger partial charge on any atom is -0.371 e. The molecule has 30 heavy (non-hydrogen) atoms. The number of rotatable bonds is 5. The van der Waals surface area contributed by atoms with Crippen LogP contribution in [0, 0.1) is 11.8 Å². The van der Waals surface area contributed by atoms with Gasteiger partial charge in [-0.3, -0.25) is 4.79 Å². The lowest BCUT2D eigenvalue weighted by Gasteiger charge is -2.31. The molecule has 0 aromatic heterocycles. The van der Waals surface area contributed by atoms with Gasteiger partial charge in [-0.15, -0.1) is 0 Å². The number of nitrogens with one attached hydrogen (secondary N) is 1. The summed E-state index contributed by atoms with van der Waals surface area (Å²) in [6.45, 7) is 5.07. The Kier molecular flexibility index (Phi) is 6.11. The molecule has 0 aliphatic carbocycles. The van der Waals surface area contributed by atoms with Crippen LogP contribution in [0.4, 0.5) is 11.4 Å². The number of amides is 1. The van der Waals surface area contributed by atoms with Gasteiger partial charge in [0.1, 0.15) is 0 Å². The summed E-state index contributed by atoms with van der Waals surface area (Å²) >= 11 is 0. The number of benzene rings is 2. The molecular formula is C23H29N3O3S. The van der Waals surface area contributed by atoms with E-state index in [4.69, 9.17) is 0 Å². The van der Waals surface area contributed by atoms with Gasteiger partial charge in [0.15, 0.2) is 0 Å². The van der Waals surface area contributed by atoms with Gasteiger partial charge < -0.3 is 10.2 Å². The van der Waals surface area contributed by atoms with E-state index in [-0.39, 0.29) is 23.3 Å². The van der Waals surface area contributed by atoms with Crippen molar-refractivity contribution in [3.8, 4) is 0 Å². The lowest BCUT2D eigenvalue weighted by molar-refractivity contribution is -0.120. The molecule has 0 radical (unpaired) electrons. The number of hydrogen-bond donors (Lipinski definition) is 1. The molecule has 6 nitrogen and oxygen atoms in total. The Morgan fingerprint density at radius 2 is 1.70 bits per heavy atom. The molecule has 2 saturated heterocycles. The lowest BCUT2D eigenvalue weighted by Crippen LogP contribution is -2.43. The lowest BCUT2D eigenvalue weighted by atomic mass is 9.98. The van der Waals surface area contributed by atoms with Crippen LogP contribution in [-0.2, 0) is 14.8 Å². The van der Waals surface area contributed by atoms with Crippen molar-refractivity contribution in [2.24, 2.45) is 11.8 Å². The molecule has 2 heterocycles. The van der Waals surface area contributed by atoms with E-state index in [1.807, 2.05) is 24.3 Å². The first-order valence-corrected chi connectivity index (χ1v) is 12.1. The number of anilines is 2. The molecule has 0 saturated carbocycles. The molecule has 2 aliphatic heterocycles. The number of carbonyl (C=O) groups excluding carboxylic acids is 1. The van der Waals surface area contributed by atoms with Gasteiger partial charge in [0, 0.05) is 37.6 Å². The summed E-state index contributed by atoms with van der Waals surface area (Å²) in [4.78, 5) is 15.5. The summed E-state index contributed by atoms with van der Waals surface area (Å²) in [5, 5.41) is 2.97. The van der Waals surface area contributed by atoms with E-state index in [9.17, 15) is 13.2 Å². The summed E-state index contributed by atoms with van der Waals surface area (Å²) < 4.78 is 27.2. The molecule has 2 aromatic rings. The van der Waals surface area contributed by atoms with Crippen LogP contribution in [0.15, 0.2) is 59.5 Å². The Labute approximate surface area is 178 Å². The number of nitrogens with zero attached hydrogens (tertiary/aromatic N) is 2. The first kappa shape index (κ1) is 20.9. The Morgan fingerprint density at radius 1 is 0.967 bits per heavy atom. The highest BCUT2D eigenvalue weighted by Crippen LogP contribution is 2.27. The number of carbonyl (C=O) groups is 1. The average molecular weight is 428 g/mol. The van der Waals surface area contributed by atoms with Gasteiger partial charge in [-0.25, -0.2) is 8.42 Å². The first-order chi connectivity index (χ1) is 14.4. The molecule has 0 bridgehead atoms. The fourth-order valence-corrected chi connectivity index (χ4v) is 5.83. The molecule has 4 rings (SSSR count). The molecule has 2 unspecified atom stereocenters. The van der Waals surface area contributed by atoms with E-state index in [2.05, 4.69) is 17.1 Å². The van der Waals surface area contributed by atoms with E-state index in [0.717, 1.165) is 18.8 Å². The topological polar surface area (TPSA) is 69.7 Å². The highest BCUT2D eigenvalue weighted by molar-refractivity contribution is 7.89. The summed E-state index contributed by atoms with van der Waals surface area (Å²) in [6, 6.07) is 16.4. The Bertz CT molecular complexity index is 977. The quantitative estimate of drug-likeness (QED) is 0.792. The zero-order valence-electron chi connectivity index (χ0n) is 17.3. The standard InChI is InChI=1S/C23H29N3O3S/c1-18-13-15-25(16-18)21-11-9-20(10-12-21)24-23(27)19-6-5-14-26(17-19)30(28,29)22-7-3-2-4-8-22/h2-4,7-12,18-19H,5-6,13-17H2,1H3,(H,24,27). The molecule has 2 fully saturated rings. The van der Waals surface area contributed by atoms with Gasteiger partial charge in [-0.1, -0.05) is 25.1 Å². The molecule has 1 amide bonds. The highest BCUT2D eigenvalue weighted by Gasteiger charge is 2.33. The van der Waals surface area contributed by atoms with Crippen molar-refractivity contribution in [2.45, 2.75) is 31.1 Å². The maximum absolute atomic E-state index is 12.9. The van der Waals surface area contributed by atoms with E-state index in [1.54, 1.807) is 30.3 Å². The summed E-state index contributed by atoms with van der Waals surface area (Å²) in [5.41, 5.74) is 1.93. The largest absolute Gasteiger partial charge is 0.371 e. The normalized spacial score (nSPS) is 22.8. The van der Waals surface area contributed by atoms with Gasteiger partial charge >= 0.3 is 0 Å². The third-order valence-electron chi connectivity index (χ3n) is 6.06. The van der Waals surface area contributed by atoms with E-state index in [1.165, 1.54) is 16.4 Å². The van der Waals surface area contributed by atoms with Gasteiger partial charge in [0.05, 0.1) is 10.8 Å². The fourth-order valence-electron chi connectivity index (χ4n) is 4.29. The van der Waals surface area contributed by atoms with Gasteiger partial charge in [-0.05, 0) is 61.6 Å². The molecule has 7 heteroatoms. The van der Waals surface area contributed by atoms with Gasteiger partial charge in [0.25, 0.3) is 0 Å². The summed E-state index contributed by atoms with van der Waals surface area (Å²) in [7, 11) is -3.57. The molecule has 2 atom stereocenters. The second kappa shape index (κ2) is 8.78. The monoisotopic (exact) mass is 427 g/mol. The highest BCUT2D eigenvalue weighted by atomic mass is 32.2. The predicted molar refractivity (Wildman–Crippen MR) is 119 cm³/mol. The van der Waals surface area contributed by atoms with Crippen molar-refractivity contribution in [3.05, 3.63) is 54.6 Å². The van der Waals surface area contributed by atoms with Crippen molar-refractivity contribution in [1.29, 1.82) is 0 Å². The van der Waals surface area contributed by atoms with Crippen LogP contribution in [0.25, 0.3) is 0 Å². The number of sulfonamides is 1. The third kappa shape index (κ3) is 4.52. The van der Waals surface area contributed by atoms with E-state index < -0.39 is 10.0 Å². The maximum atomic E-state index is 12.9. The Hall–Kier alpha value is -2.38. The van der Waals surface area contributed by atoms with Crippen LogP contribution in [-0.4, -0.2) is 44.8 Å². The Balaban J connectivity index is 1.39. The summed E-state index contributed by atoms with van der Waals surface area (Å²) in [5.74, 6) is 0.243. The van der Waals surface area contributed by atoms with Gasteiger partial charge in [-0.2, -0.15) is 4.31 Å². The number of hydrogen-bond acceptors (Lipinski definition) is 4. The molecule has 0 spiro atoms. The van der Waals surface area contributed by atoms with Crippen LogP contribution < -0.4 is 10.2 Å². The van der Waals surface area contributed by atoms with Crippen molar-refractivity contribution < 1.29 is 13.2 Å². The zero-order valence-corrected chi connectivity index (χ0v) is 18.1. The predicted octanol–water partition coefficient (Wildman–Crippen LogP) is 3.57. The maximum Gasteiger partial charge on any atom is 0.243 e. The molecule has 2 aliphatic rings. The second-order valence-corrected chi connectivity index (χ2v) is 10.3. The van der Waals surface area contributed by atoms with E-state index >= 15 is 0 Å². The molecule has 160 valence electrons. The van der Waals surface area contributed by atoms with E-state index in [0.29, 0.717) is 25.3 Å². The minimum atomic E-state index is -3.57. The van der Waals surface area contributed by atoms with Crippen molar-refractivity contribution in [3.63, 3.8) is 0 Å². The van der Waals surface area contributed by atoms with Crippen LogP contribution >= 0.6 is 0 Å². The van der Waals surface area contributed by atoms with Crippen molar-refractivity contribution >= 4 is 27.3 Å². The number of piperidine rings is 1. The third-order valence-corrected chi connectivity index (χ3v) is 7.94. The Morgan fingerprint density at radius 3 is 2.37 bits per heavy atom. The first-order valence-electron chi connectivity index (χ1n) is 10.6. The molecule has 2 aromatic carbocycles. The van der Waals surface area contributed by atoms with Crippen LogP contribution in [0.5, 0.6) is 0 Å². The average Bonchev–Trinajstić information content (AvgIpc) is 3.21. The van der Waals surface area contributed by atoms with Crippen LogP contribution in [0.1, 0.15) is 26.2 Å². The van der Waals surface area contributed by atoms with Gasteiger partial charge in [0.2, 0.25) is 15.9 Å². The molecular weight excluding hydrogens is 398 g/mol. The minimum absolute atomic E-state index is 0.120.